The van der Waals surface area contributed by atoms with Crippen LogP contribution in [-0.2, 0) is 9.53 Å². The lowest BCUT2D eigenvalue weighted by atomic mass is 9.97. The molecular formula is C18H18N2O3. The van der Waals surface area contributed by atoms with Crippen LogP contribution in [0.3, 0.4) is 0 Å². The molecule has 2 aromatic carbocycles. The maximum Gasteiger partial charge on any atom is 0.328 e. The Morgan fingerprint density at radius 1 is 1.22 bits per heavy atom. The Kier molecular flexibility index (Phi) is 5.32. The Bertz CT molecular complexity index is 759. The number of nitriles is 1. The maximum absolute atomic E-state index is 12.6. The van der Waals surface area contributed by atoms with Crippen molar-refractivity contribution in [3.8, 4) is 6.07 Å². The van der Waals surface area contributed by atoms with Gasteiger partial charge in [0.05, 0.1) is 13.2 Å². The average molecular weight is 310 g/mol. The summed E-state index contributed by atoms with van der Waals surface area (Å²) in [7, 11) is 1.26. The average Bonchev–Trinajstić information content (AvgIpc) is 2.58. The van der Waals surface area contributed by atoms with E-state index >= 15 is 0 Å². The fourth-order valence-electron chi connectivity index (χ4n) is 2.46. The third-order valence-electron chi connectivity index (χ3n) is 3.76. The number of hydrogen-bond acceptors (Lipinski definition) is 4. The molecule has 1 N–H and O–H groups in total. The highest BCUT2D eigenvalue weighted by molar-refractivity contribution is 6.08. The smallest absolute Gasteiger partial charge is 0.328 e. The van der Waals surface area contributed by atoms with Crippen LogP contribution in [-0.4, -0.2) is 25.0 Å². The summed E-state index contributed by atoms with van der Waals surface area (Å²) in [6, 6.07) is 14.1. The van der Waals surface area contributed by atoms with Crippen molar-refractivity contribution in [1.82, 2.24) is 5.32 Å². The molecule has 0 heterocycles. The van der Waals surface area contributed by atoms with E-state index in [1.54, 1.807) is 19.1 Å². The molecule has 0 aliphatic rings. The summed E-state index contributed by atoms with van der Waals surface area (Å²) in [5.74, 6) is -1.25. The number of amides is 1. The van der Waals surface area contributed by atoms with Gasteiger partial charge in [-0.2, -0.15) is 5.26 Å². The second-order valence-corrected chi connectivity index (χ2v) is 5.34. The number of nitrogens with zero attached hydrogens (tertiary/aromatic N) is 1. The van der Waals surface area contributed by atoms with Crippen LogP contribution in [0.4, 0.5) is 0 Å². The minimum absolute atomic E-state index is 0.148. The molecule has 2 aromatic rings. The molecule has 0 saturated heterocycles. The van der Waals surface area contributed by atoms with Crippen molar-refractivity contribution in [3.63, 3.8) is 0 Å². The molecule has 118 valence electrons. The molecule has 2 rings (SSSR count). The normalized spacial score (nSPS) is 12.9. The summed E-state index contributed by atoms with van der Waals surface area (Å²) >= 11 is 0. The van der Waals surface area contributed by atoms with Crippen LogP contribution in [0.25, 0.3) is 10.8 Å². The second kappa shape index (κ2) is 7.41. The highest BCUT2D eigenvalue weighted by atomic mass is 16.5. The van der Waals surface area contributed by atoms with Crippen LogP contribution >= 0.6 is 0 Å². The van der Waals surface area contributed by atoms with Crippen molar-refractivity contribution >= 4 is 22.6 Å². The fraction of sp³-hybridized carbons (Fsp3) is 0.278. The molecule has 0 radical (unpaired) electrons. The lowest BCUT2D eigenvalue weighted by molar-refractivity contribution is -0.144. The number of carbonyl (C=O) groups excluding carboxylic acids is 2. The number of benzene rings is 2. The van der Waals surface area contributed by atoms with Crippen molar-refractivity contribution in [2.45, 2.75) is 19.4 Å². The van der Waals surface area contributed by atoms with Gasteiger partial charge in [-0.1, -0.05) is 43.3 Å². The molecule has 5 nitrogen and oxygen atoms in total. The van der Waals surface area contributed by atoms with E-state index in [2.05, 4.69) is 5.32 Å². The lowest BCUT2D eigenvalue weighted by Gasteiger charge is -2.21. The fourth-order valence-corrected chi connectivity index (χ4v) is 2.46. The van der Waals surface area contributed by atoms with E-state index in [-0.39, 0.29) is 18.2 Å². The van der Waals surface area contributed by atoms with Crippen LogP contribution in [0, 0.1) is 17.2 Å². The minimum atomic E-state index is -0.855. The van der Waals surface area contributed by atoms with Gasteiger partial charge in [0.1, 0.15) is 6.04 Å². The second-order valence-electron chi connectivity index (χ2n) is 5.34. The van der Waals surface area contributed by atoms with Crippen molar-refractivity contribution in [3.05, 3.63) is 48.0 Å². The summed E-state index contributed by atoms with van der Waals surface area (Å²) in [5.41, 5.74) is 0.487. The highest BCUT2D eigenvalue weighted by Crippen LogP contribution is 2.19. The van der Waals surface area contributed by atoms with Crippen LogP contribution < -0.4 is 5.32 Å². The van der Waals surface area contributed by atoms with Crippen molar-refractivity contribution in [2.75, 3.05) is 7.11 Å². The first-order valence-electron chi connectivity index (χ1n) is 7.32. The van der Waals surface area contributed by atoms with Crippen molar-refractivity contribution in [1.29, 1.82) is 5.26 Å². The molecule has 0 bridgehead atoms. The summed E-state index contributed by atoms with van der Waals surface area (Å²) in [4.78, 5) is 24.5. The zero-order valence-electron chi connectivity index (χ0n) is 13.1. The van der Waals surface area contributed by atoms with Gasteiger partial charge in [0.15, 0.2) is 0 Å². The zero-order valence-corrected chi connectivity index (χ0v) is 13.1. The Balaban J connectivity index is 2.31. The molecule has 0 unspecified atom stereocenters. The Morgan fingerprint density at radius 2 is 1.91 bits per heavy atom. The SMILES string of the molecule is COC(=O)[C@H](NC(=O)c1cccc2ccccc12)[C@@H](C)CC#N. The highest BCUT2D eigenvalue weighted by Gasteiger charge is 2.28. The van der Waals surface area contributed by atoms with Gasteiger partial charge in [-0.3, -0.25) is 4.79 Å². The van der Waals surface area contributed by atoms with Gasteiger partial charge in [-0.15, -0.1) is 0 Å². The van der Waals surface area contributed by atoms with E-state index in [0.29, 0.717) is 5.56 Å². The van der Waals surface area contributed by atoms with Crippen LogP contribution in [0.5, 0.6) is 0 Å². The molecule has 0 saturated carbocycles. The molecule has 0 aliphatic heterocycles. The summed E-state index contributed by atoms with van der Waals surface area (Å²) in [6.07, 6.45) is 0.148. The van der Waals surface area contributed by atoms with Crippen LogP contribution in [0.2, 0.25) is 0 Å². The number of fused-ring (bicyclic) bond motifs is 1. The van der Waals surface area contributed by atoms with Gasteiger partial charge < -0.3 is 10.1 Å². The Hall–Kier alpha value is -2.87. The monoisotopic (exact) mass is 310 g/mol. The van der Waals surface area contributed by atoms with Crippen LogP contribution in [0.1, 0.15) is 23.7 Å². The Labute approximate surface area is 134 Å². The number of esters is 1. The molecule has 0 spiro atoms. The largest absolute Gasteiger partial charge is 0.467 e. The van der Waals surface area contributed by atoms with Gasteiger partial charge in [-0.25, -0.2) is 4.79 Å². The quantitative estimate of drug-likeness (QED) is 0.861. The summed E-state index contributed by atoms with van der Waals surface area (Å²) < 4.78 is 4.74. The molecule has 0 fully saturated rings. The first-order chi connectivity index (χ1) is 11.1. The van der Waals surface area contributed by atoms with E-state index in [4.69, 9.17) is 10.00 Å². The zero-order chi connectivity index (χ0) is 16.8. The van der Waals surface area contributed by atoms with E-state index in [0.717, 1.165) is 10.8 Å². The first-order valence-corrected chi connectivity index (χ1v) is 7.32. The van der Waals surface area contributed by atoms with Crippen molar-refractivity contribution < 1.29 is 14.3 Å². The molecule has 1 amide bonds. The summed E-state index contributed by atoms with van der Waals surface area (Å²) in [6.45, 7) is 1.73. The maximum atomic E-state index is 12.6. The number of ether oxygens (including phenoxy) is 1. The Morgan fingerprint density at radius 3 is 2.61 bits per heavy atom. The van der Waals surface area contributed by atoms with Gasteiger partial charge in [0.25, 0.3) is 5.91 Å². The van der Waals surface area contributed by atoms with E-state index in [1.807, 2.05) is 36.4 Å². The van der Waals surface area contributed by atoms with Gasteiger partial charge in [0.2, 0.25) is 0 Å². The third-order valence-corrected chi connectivity index (χ3v) is 3.76. The van der Waals surface area contributed by atoms with E-state index in [1.165, 1.54) is 7.11 Å². The van der Waals surface area contributed by atoms with E-state index in [9.17, 15) is 9.59 Å². The topological polar surface area (TPSA) is 79.2 Å². The number of methoxy groups -OCH3 is 1. The summed E-state index contributed by atoms with van der Waals surface area (Å²) in [5, 5.41) is 13.3. The van der Waals surface area contributed by atoms with E-state index < -0.39 is 12.0 Å². The standard InChI is InChI=1S/C18H18N2O3/c1-12(10-11-19)16(18(22)23-2)20-17(21)15-9-5-7-13-6-3-4-8-14(13)15/h3-9,12,16H,10H2,1-2H3,(H,20,21)/t12-,16+/m0/s1. The molecule has 2 atom stereocenters. The minimum Gasteiger partial charge on any atom is -0.467 e. The lowest BCUT2D eigenvalue weighted by Crippen LogP contribution is -2.45. The number of carbonyl (C=O) groups is 2. The number of nitrogens with one attached hydrogen (secondary N) is 1. The molecule has 23 heavy (non-hydrogen) atoms. The molecule has 5 heteroatoms. The third kappa shape index (κ3) is 3.67. The number of rotatable bonds is 5. The van der Waals surface area contributed by atoms with Crippen LogP contribution in [0.15, 0.2) is 42.5 Å². The van der Waals surface area contributed by atoms with Crippen molar-refractivity contribution in [2.24, 2.45) is 5.92 Å². The first kappa shape index (κ1) is 16.5. The molecular weight excluding hydrogens is 292 g/mol. The molecule has 0 aliphatic carbocycles. The predicted molar refractivity (Wildman–Crippen MR) is 86.6 cm³/mol. The predicted octanol–water partition coefficient (Wildman–Crippen LogP) is 2.66. The van der Waals surface area contributed by atoms with Gasteiger partial charge >= 0.3 is 5.97 Å². The molecule has 0 aromatic heterocycles. The van der Waals surface area contributed by atoms with Gasteiger partial charge in [0, 0.05) is 17.9 Å². The van der Waals surface area contributed by atoms with Gasteiger partial charge in [-0.05, 0) is 16.8 Å². The number of hydrogen-bond donors (Lipinski definition) is 1.